The SMILES string of the molecule is C[C@@H](CCc1cccc(F)c1)N1C[C@H](F)C[C@H]1C(N)=O. The van der Waals surface area contributed by atoms with E-state index in [0.717, 1.165) is 12.0 Å². The van der Waals surface area contributed by atoms with E-state index in [1.807, 2.05) is 17.9 Å². The minimum absolute atomic E-state index is 0.0384. The van der Waals surface area contributed by atoms with E-state index in [-0.39, 0.29) is 24.8 Å². The van der Waals surface area contributed by atoms with Gasteiger partial charge in [0.1, 0.15) is 12.0 Å². The predicted octanol–water partition coefficient (Wildman–Crippen LogP) is 2.04. The molecule has 3 atom stereocenters. The van der Waals surface area contributed by atoms with Crippen molar-refractivity contribution in [3.63, 3.8) is 0 Å². The molecule has 1 aliphatic rings. The van der Waals surface area contributed by atoms with Gasteiger partial charge in [-0.2, -0.15) is 0 Å². The third kappa shape index (κ3) is 3.54. The van der Waals surface area contributed by atoms with Crippen molar-refractivity contribution in [2.45, 2.75) is 44.4 Å². The number of nitrogens with two attached hydrogens (primary N) is 1. The monoisotopic (exact) mass is 282 g/mol. The molecule has 1 heterocycles. The van der Waals surface area contributed by atoms with Crippen molar-refractivity contribution >= 4 is 5.91 Å². The predicted molar refractivity (Wildman–Crippen MR) is 73.4 cm³/mol. The Labute approximate surface area is 117 Å². The van der Waals surface area contributed by atoms with Crippen LogP contribution in [0.5, 0.6) is 0 Å². The molecule has 1 amide bonds. The van der Waals surface area contributed by atoms with Gasteiger partial charge in [0.15, 0.2) is 0 Å². The maximum Gasteiger partial charge on any atom is 0.234 e. The summed E-state index contributed by atoms with van der Waals surface area (Å²) < 4.78 is 26.6. The molecule has 20 heavy (non-hydrogen) atoms. The number of rotatable bonds is 5. The quantitative estimate of drug-likeness (QED) is 0.898. The molecule has 0 saturated carbocycles. The average Bonchev–Trinajstić information content (AvgIpc) is 2.78. The smallest absolute Gasteiger partial charge is 0.234 e. The summed E-state index contributed by atoms with van der Waals surface area (Å²) in [4.78, 5) is 13.2. The van der Waals surface area contributed by atoms with Gasteiger partial charge in [-0.25, -0.2) is 8.78 Å². The fraction of sp³-hybridized carbons (Fsp3) is 0.533. The lowest BCUT2D eigenvalue weighted by atomic mass is 10.0. The molecule has 0 bridgehead atoms. The van der Waals surface area contributed by atoms with E-state index in [2.05, 4.69) is 0 Å². The molecule has 1 aromatic carbocycles. The number of carbonyl (C=O) groups excluding carboxylic acids is 1. The first-order chi connectivity index (χ1) is 9.47. The van der Waals surface area contributed by atoms with Crippen LogP contribution in [0.1, 0.15) is 25.3 Å². The number of amides is 1. The number of likely N-dealkylation sites (tertiary alicyclic amines) is 1. The molecular weight excluding hydrogens is 262 g/mol. The average molecular weight is 282 g/mol. The fourth-order valence-electron chi connectivity index (χ4n) is 2.81. The highest BCUT2D eigenvalue weighted by Crippen LogP contribution is 2.24. The van der Waals surface area contributed by atoms with Crippen molar-refractivity contribution < 1.29 is 13.6 Å². The van der Waals surface area contributed by atoms with E-state index >= 15 is 0 Å². The van der Waals surface area contributed by atoms with E-state index in [0.29, 0.717) is 6.42 Å². The number of nitrogens with zero attached hydrogens (tertiary/aromatic N) is 1. The maximum atomic E-state index is 13.5. The van der Waals surface area contributed by atoms with Crippen LogP contribution in [0.3, 0.4) is 0 Å². The van der Waals surface area contributed by atoms with Crippen molar-refractivity contribution in [1.82, 2.24) is 4.90 Å². The van der Waals surface area contributed by atoms with Crippen molar-refractivity contribution in [1.29, 1.82) is 0 Å². The molecule has 2 N–H and O–H groups in total. The van der Waals surface area contributed by atoms with E-state index in [4.69, 9.17) is 5.73 Å². The van der Waals surface area contributed by atoms with Crippen LogP contribution in [0.25, 0.3) is 0 Å². The van der Waals surface area contributed by atoms with Crippen LogP contribution >= 0.6 is 0 Å². The Morgan fingerprint density at radius 3 is 2.95 bits per heavy atom. The summed E-state index contributed by atoms with van der Waals surface area (Å²) in [7, 11) is 0. The van der Waals surface area contributed by atoms with Crippen LogP contribution in [0.2, 0.25) is 0 Å². The second-order valence-electron chi connectivity index (χ2n) is 5.47. The Morgan fingerprint density at radius 2 is 2.30 bits per heavy atom. The number of carbonyl (C=O) groups is 1. The lowest BCUT2D eigenvalue weighted by Gasteiger charge is -2.28. The number of hydrogen-bond donors (Lipinski definition) is 1. The zero-order chi connectivity index (χ0) is 14.7. The Kier molecular flexibility index (Phi) is 4.70. The third-order valence-electron chi connectivity index (χ3n) is 3.92. The first-order valence-electron chi connectivity index (χ1n) is 6.91. The number of alkyl halides is 1. The summed E-state index contributed by atoms with van der Waals surface area (Å²) >= 11 is 0. The molecule has 0 spiro atoms. The molecule has 0 unspecified atom stereocenters. The van der Waals surface area contributed by atoms with Crippen molar-refractivity contribution in [2.24, 2.45) is 5.73 Å². The summed E-state index contributed by atoms with van der Waals surface area (Å²) in [6, 6.07) is 5.96. The Hall–Kier alpha value is -1.49. The molecule has 3 nitrogen and oxygen atoms in total. The van der Waals surface area contributed by atoms with Gasteiger partial charge in [-0.1, -0.05) is 12.1 Å². The molecule has 110 valence electrons. The van der Waals surface area contributed by atoms with E-state index < -0.39 is 18.1 Å². The number of primary amides is 1. The summed E-state index contributed by atoms with van der Waals surface area (Å²) in [6.07, 6.45) is 0.612. The zero-order valence-electron chi connectivity index (χ0n) is 11.6. The maximum absolute atomic E-state index is 13.5. The van der Waals surface area contributed by atoms with Gasteiger partial charge in [-0.15, -0.1) is 0 Å². The van der Waals surface area contributed by atoms with Gasteiger partial charge < -0.3 is 5.73 Å². The summed E-state index contributed by atoms with van der Waals surface area (Å²) in [5.41, 5.74) is 6.22. The largest absolute Gasteiger partial charge is 0.368 e. The molecule has 0 aliphatic carbocycles. The van der Waals surface area contributed by atoms with Gasteiger partial charge in [-0.05, 0) is 37.5 Å². The second-order valence-corrected chi connectivity index (χ2v) is 5.47. The minimum atomic E-state index is -0.996. The van der Waals surface area contributed by atoms with Crippen LogP contribution in [0.15, 0.2) is 24.3 Å². The van der Waals surface area contributed by atoms with E-state index in [9.17, 15) is 13.6 Å². The molecule has 2 rings (SSSR count). The first kappa shape index (κ1) is 14.9. The van der Waals surface area contributed by atoms with Gasteiger partial charge in [0, 0.05) is 19.0 Å². The zero-order valence-corrected chi connectivity index (χ0v) is 11.6. The number of benzene rings is 1. The van der Waals surface area contributed by atoms with Crippen LogP contribution in [0.4, 0.5) is 8.78 Å². The molecule has 1 aromatic rings. The van der Waals surface area contributed by atoms with E-state index in [1.165, 1.54) is 12.1 Å². The third-order valence-corrected chi connectivity index (χ3v) is 3.92. The topological polar surface area (TPSA) is 46.3 Å². The minimum Gasteiger partial charge on any atom is -0.368 e. The Bertz CT molecular complexity index is 481. The Morgan fingerprint density at radius 1 is 1.55 bits per heavy atom. The summed E-state index contributed by atoms with van der Waals surface area (Å²) in [6.45, 7) is 2.20. The summed E-state index contributed by atoms with van der Waals surface area (Å²) in [5, 5.41) is 0. The summed E-state index contributed by atoms with van der Waals surface area (Å²) in [5.74, 6) is -0.724. The van der Waals surface area contributed by atoms with Gasteiger partial charge in [-0.3, -0.25) is 9.69 Å². The highest BCUT2D eigenvalue weighted by molar-refractivity contribution is 5.80. The molecular formula is C15H20F2N2O. The number of aryl methyl sites for hydroxylation is 1. The lowest BCUT2D eigenvalue weighted by Crippen LogP contribution is -2.45. The van der Waals surface area contributed by atoms with Crippen molar-refractivity contribution in [3.05, 3.63) is 35.6 Å². The second kappa shape index (κ2) is 6.31. The lowest BCUT2D eigenvalue weighted by molar-refractivity contribution is -0.122. The molecule has 5 heteroatoms. The van der Waals surface area contributed by atoms with Gasteiger partial charge >= 0.3 is 0 Å². The standard InChI is InChI=1S/C15H20F2N2O/c1-10(5-6-11-3-2-4-12(16)7-11)19-9-13(17)8-14(19)15(18)20/h2-4,7,10,13-14H,5-6,8-9H2,1H3,(H2,18,20)/t10-,13+,14-/m0/s1. The first-order valence-corrected chi connectivity index (χ1v) is 6.91. The van der Waals surface area contributed by atoms with Crippen LogP contribution in [0, 0.1) is 5.82 Å². The molecule has 0 aromatic heterocycles. The van der Waals surface area contributed by atoms with Crippen molar-refractivity contribution in [2.75, 3.05) is 6.54 Å². The number of hydrogen-bond acceptors (Lipinski definition) is 2. The number of halogens is 2. The van der Waals surface area contributed by atoms with Gasteiger partial charge in [0.2, 0.25) is 5.91 Å². The fourth-order valence-corrected chi connectivity index (χ4v) is 2.81. The van der Waals surface area contributed by atoms with Crippen LogP contribution in [-0.2, 0) is 11.2 Å². The normalized spacial score (nSPS) is 24.8. The Balaban J connectivity index is 1.94. The van der Waals surface area contributed by atoms with Gasteiger partial charge in [0.05, 0.1) is 6.04 Å². The van der Waals surface area contributed by atoms with Crippen LogP contribution < -0.4 is 5.73 Å². The molecule has 1 aliphatic heterocycles. The highest BCUT2D eigenvalue weighted by Gasteiger charge is 2.37. The van der Waals surface area contributed by atoms with E-state index in [1.54, 1.807) is 6.07 Å². The van der Waals surface area contributed by atoms with Crippen molar-refractivity contribution in [3.8, 4) is 0 Å². The molecule has 1 fully saturated rings. The molecule has 1 saturated heterocycles. The van der Waals surface area contributed by atoms with Gasteiger partial charge in [0.25, 0.3) is 0 Å². The van der Waals surface area contributed by atoms with Crippen LogP contribution in [-0.4, -0.2) is 35.6 Å². The highest BCUT2D eigenvalue weighted by atomic mass is 19.1. The molecule has 0 radical (unpaired) electrons.